The second kappa shape index (κ2) is 10.8. The number of carbonyl (C=O) groups excluding carboxylic acids is 1. The number of rotatable bonds is 8. The number of amides is 1. The van der Waals surface area contributed by atoms with Gasteiger partial charge in [-0.05, 0) is 29.7 Å². The number of carbonyl (C=O) groups is 1. The molecule has 0 radical (unpaired) electrons. The topological polar surface area (TPSA) is 52.8 Å². The monoisotopic (exact) mass is 446 g/mol. The van der Waals surface area contributed by atoms with E-state index in [0.717, 1.165) is 39.3 Å². The number of likely N-dealkylation sites (N-methyl/N-ethyl adjacent to an activating group) is 1. The van der Waals surface area contributed by atoms with Crippen LogP contribution in [0.5, 0.6) is 0 Å². The molecule has 6 nitrogen and oxygen atoms in total. The number of aromatic nitrogens is 1. The van der Waals surface area contributed by atoms with Crippen molar-refractivity contribution in [1.29, 1.82) is 0 Å². The van der Waals surface area contributed by atoms with Crippen LogP contribution in [-0.4, -0.2) is 58.8 Å². The van der Waals surface area contributed by atoms with Gasteiger partial charge in [0.1, 0.15) is 6.26 Å². The van der Waals surface area contributed by atoms with Gasteiger partial charge in [0, 0.05) is 39.3 Å². The minimum atomic E-state index is -0.0445. The molecule has 0 spiro atoms. The van der Waals surface area contributed by atoms with E-state index < -0.39 is 0 Å². The maximum Gasteiger partial charge on any atom is 0.275 e. The minimum Gasteiger partial charge on any atom is -0.447 e. The Hall–Kier alpha value is -2.96. The Morgan fingerprint density at radius 1 is 0.939 bits per heavy atom. The predicted molar refractivity (Wildman–Crippen MR) is 130 cm³/mol. The minimum absolute atomic E-state index is 0.0445. The molecule has 2 heterocycles. The largest absolute Gasteiger partial charge is 0.447 e. The molecule has 0 saturated carbocycles. The highest BCUT2D eigenvalue weighted by molar-refractivity contribution is 5.92. The highest BCUT2D eigenvalue weighted by Crippen LogP contribution is 2.18. The van der Waals surface area contributed by atoms with Gasteiger partial charge in [-0.1, -0.05) is 68.4 Å². The molecule has 3 aromatic rings. The van der Waals surface area contributed by atoms with Crippen LogP contribution in [0, 0.1) is 0 Å². The maximum atomic E-state index is 12.8. The van der Waals surface area contributed by atoms with Crippen molar-refractivity contribution in [2.75, 3.05) is 33.2 Å². The van der Waals surface area contributed by atoms with Gasteiger partial charge in [0.25, 0.3) is 5.91 Å². The van der Waals surface area contributed by atoms with E-state index in [-0.39, 0.29) is 5.91 Å². The van der Waals surface area contributed by atoms with Crippen LogP contribution in [-0.2, 0) is 19.6 Å². The van der Waals surface area contributed by atoms with Crippen LogP contribution in [0.2, 0.25) is 0 Å². The third-order valence-electron chi connectivity index (χ3n) is 6.22. The lowest BCUT2D eigenvalue weighted by Gasteiger charge is -2.31. The quantitative estimate of drug-likeness (QED) is 0.514. The Morgan fingerprint density at radius 2 is 1.58 bits per heavy atom. The van der Waals surface area contributed by atoms with Crippen LogP contribution in [0.3, 0.4) is 0 Å². The summed E-state index contributed by atoms with van der Waals surface area (Å²) < 4.78 is 5.74. The normalized spacial score (nSPS) is 14.9. The zero-order valence-corrected chi connectivity index (χ0v) is 19.9. The van der Waals surface area contributed by atoms with Crippen molar-refractivity contribution in [3.05, 3.63) is 89.1 Å². The average Bonchev–Trinajstić information content (AvgIpc) is 3.28. The molecule has 0 unspecified atom stereocenters. The summed E-state index contributed by atoms with van der Waals surface area (Å²) in [6.45, 7) is 9.73. The molecule has 1 fully saturated rings. The van der Waals surface area contributed by atoms with Gasteiger partial charge in [-0.3, -0.25) is 9.69 Å². The van der Waals surface area contributed by atoms with Gasteiger partial charge in [0.15, 0.2) is 5.69 Å². The summed E-state index contributed by atoms with van der Waals surface area (Å²) in [6, 6.07) is 19.2. The second-order valence-corrected chi connectivity index (χ2v) is 9.25. The van der Waals surface area contributed by atoms with E-state index in [0.29, 0.717) is 24.0 Å². The number of hydrogen-bond donors (Lipinski definition) is 0. The molecule has 1 amide bonds. The molecule has 2 aromatic carbocycles. The fourth-order valence-electron chi connectivity index (χ4n) is 4.12. The van der Waals surface area contributed by atoms with E-state index >= 15 is 0 Å². The molecule has 1 aliphatic heterocycles. The van der Waals surface area contributed by atoms with Gasteiger partial charge in [-0.2, -0.15) is 0 Å². The Labute approximate surface area is 196 Å². The highest BCUT2D eigenvalue weighted by atomic mass is 16.3. The van der Waals surface area contributed by atoms with Gasteiger partial charge in [-0.25, -0.2) is 4.98 Å². The molecule has 1 aromatic heterocycles. The van der Waals surface area contributed by atoms with Gasteiger partial charge in [0.2, 0.25) is 5.89 Å². The van der Waals surface area contributed by atoms with Gasteiger partial charge in [-0.15, -0.1) is 0 Å². The Morgan fingerprint density at radius 3 is 2.21 bits per heavy atom. The molecule has 4 rings (SSSR count). The summed E-state index contributed by atoms with van der Waals surface area (Å²) >= 11 is 0. The predicted octanol–water partition coefficient (Wildman–Crippen LogP) is 4.39. The van der Waals surface area contributed by atoms with E-state index in [1.165, 1.54) is 23.0 Å². The zero-order chi connectivity index (χ0) is 23.2. The Bertz CT molecular complexity index is 1020. The number of hydrogen-bond acceptors (Lipinski definition) is 5. The van der Waals surface area contributed by atoms with Crippen LogP contribution in [0.4, 0.5) is 0 Å². The lowest BCUT2D eigenvalue weighted by Crippen LogP contribution is -2.47. The van der Waals surface area contributed by atoms with Crippen molar-refractivity contribution in [3.8, 4) is 0 Å². The standard InChI is InChI=1S/C27H34N4O2/c1-21(2)24-11-9-23(10-12-24)18-30(17-22-7-5-4-6-8-22)19-26-28-25(20-33-26)27(32)31-15-13-29(3)14-16-31/h4-12,20-21H,13-19H2,1-3H3. The van der Waals surface area contributed by atoms with E-state index in [1.807, 2.05) is 11.0 Å². The maximum absolute atomic E-state index is 12.8. The second-order valence-electron chi connectivity index (χ2n) is 9.25. The van der Waals surface area contributed by atoms with Crippen molar-refractivity contribution in [2.45, 2.75) is 39.4 Å². The molecule has 0 bridgehead atoms. The molecule has 0 atom stereocenters. The molecule has 33 heavy (non-hydrogen) atoms. The van der Waals surface area contributed by atoms with E-state index in [2.05, 4.69) is 84.2 Å². The van der Waals surface area contributed by atoms with Crippen molar-refractivity contribution < 1.29 is 9.21 Å². The van der Waals surface area contributed by atoms with Gasteiger partial charge in [0.05, 0.1) is 6.54 Å². The van der Waals surface area contributed by atoms with E-state index in [9.17, 15) is 4.79 Å². The third kappa shape index (κ3) is 6.30. The van der Waals surface area contributed by atoms with Crippen LogP contribution in [0.15, 0.2) is 65.3 Å². The van der Waals surface area contributed by atoms with Crippen LogP contribution < -0.4 is 0 Å². The Kier molecular flexibility index (Phi) is 7.57. The first-order chi connectivity index (χ1) is 16.0. The van der Waals surface area contributed by atoms with E-state index in [4.69, 9.17) is 4.42 Å². The lowest BCUT2D eigenvalue weighted by molar-refractivity contribution is 0.0658. The van der Waals surface area contributed by atoms with Crippen LogP contribution >= 0.6 is 0 Å². The smallest absolute Gasteiger partial charge is 0.275 e. The fraction of sp³-hybridized carbons (Fsp3) is 0.407. The first-order valence-corrected chi connectivity index (χ1v) is 11.8. The summed E-state index contributed by atoms with van der Waals surface area (Å²) in [7, 11) is 2.08. The summed E-state index contributed by atoms with van der Waals surface area (Å²) in [4.78, 5) is 23.8. The summed E-state index contributed by atoms with van der Waals surface area (Å²) in [6.07, 6.45) is 1.51. The molecule has 6 heteroatoms. The van der Waals surface area contributed by atoms with Crippen molar-refractivity contribution in [1.82, 2.24) is 19.7 Å². The number of oxazole rings is 1. The molecule has 1 aliphatic rings. The SMILES string of the molecule is CC(C)c1ccc(CN(Cc2ccccc2)Cc2nc(C(=O)N3CCN(C)CC3)co2)cc1. The van der Waals surface area contributed by atoms with Crippen LogP contribution in [0.1, 0.15) is 52.8 Å². The molecular weight excluding hydrogens is 412 g/mol. The lowest BCUT2D eigenvalue weighted by atomic mass is 10.0. The molecule has 1 saturated heterocycles. The van der Waals surface area contributed by atoms with Crippen LogP contribution in [0.25, 0.3) is 0 Å². The number of piperazine rings is 1. The van der Waals surface area contributed by atoms with Crippen molar-refractivity contribution in [3.63, 3.8) is 0 Å². The first kappa shape index (κ1) is 23.2. The molecule has 0 N–H and O–H groups in total. The summed E-state index contributed by atoms with van der Waals surface area (Å²) in [5.74, 6) is 1.04. The first-order valence-electron chi connectivity index (χ1n) is 11.8. The zero-order valence-electron chi connectivity index (χ0n) is 19.9. The van der Waals surface area contributed by atoms with Crippen molar-refractivity contribution >= 4 is 5.91 Å². The average molecular weight is 447 g/mol. The van der Waals surface area contributed by atoms with Gasteiger partial charge >= 0.3 is 0 Å². The van der Waals surface area contributed by atoms with Crippen molar-refractivity contribution in [2.24, 2.45) is 0 Å². The molecular formula is C27H34N4O2. The molecule has 174 valence electrons. The third-order valence-corrected chi connectivity index (χ3v) is 6.22. The highest BCUT2D eigenvalue weighted by Gasteiger charge is 2.23. The number of nitrogens with zero attached hydrogens (tertiary/aromatic N) is 4. The van der Waals surface area contributed by atoms with Gasteiger partial charge < -0.3 is 14.2 Å². The van der Waals surface area contributed by atoms with E-state index in [1.54, 1.807) is 0 Å². The Balaban J connectivity index is 1.46. The number of benzene rings is 2. The summed E-state index contributed by atoms with van der Waals surface area (Å²) in [5, 5.41) is 0. The fourth-order valence-corrected chi connectivity index (χ4v) is 4.12. The molecule has 0 aliphatic carbocycles. The summed E-state index contributed by atoms with van der Waals surface area (Å²) in [5.41, 5.74) is 4.22.